The summed E-state index contributed by atoms with van der Waals surface area (Å²) < 4.78 is 25.6. The highest BCUT2D eigenvalue weighted by Gasteiger charge is 2.40. The minimum atomic E-state index is -1.63. The Hall–Kier alpha value is -3.50. The number of halogens is 1. The highest BCUT2D eigenvalue weighted by Crippen LogP contribution is 2.40. The summed E-state index contributed by atoms with van der Waals surface area (Å²) in [6.07, 6.45) is 4.29. The number of ether oxygens (including phenoxy) is 1. The predicted octanol–water partition coefficient (Wildman–Crippen LogP) is 5.51. The van der Waals surface area contributed by atoms with Crippen molar-refractivity contribution in [2.24, 2.45) is 7.05 Å². The summed E-state index contributed by atoms with van der Waals surface area (Å²) in [5, 5.41) is 26.6. The first-order valence-corrected chi connectivity index (χ1v) is 13.9. The number of piperidine rings is 1. The third-order valence-electron chi connectivity index (χ3n) is 8.38. The van der Waals surface area contributed by atoms with Crippen molar-refractivity contribution in [3.63, 3.8) is 0 Å². The standard InChI is InChI=1S/C28H38FN7O3/c1-18(2)21-6-5-7-23(16-21)39-19(3)25-31-32-26(34(25)4)20-8-10-22(11-9-20)36-17-24(30-33-36)28(29)12-14-35(15-13-28)27(37)38/h5-7,16-20,22H,8-15H2,1-4H3,(H,37,38). The van der Waals surface area contributed by atoms with Gasteiger partial charge >= 0.3 is 6.09 Å². The van der Waals surface area contributed by atoms with Crippen molar-refractivity contribution in [1.82, 2.24) is 34.7 Å². The first-order valence-electron chi connectivity index (χ1n) is 13.9. The lowest BCUT2D eigenvalue weighted by Gasteiger charge is -2.33. The van der Waals surface area contributed by atoms with Gasteiger partial charge in [0.05, 0.1) is 12.2 Å². The van der Waals surface area contributed by atoms with Crippen LogP contribution in [-0.2, 0) is 12.7 Å². The van der Waals surface area contributed by atoms with E-state index in [0.29, 0.717) is 11.6 Å². The second kappa shape index (κ2) is 10.9. The van der Waals surface area contributed by atoms with Crippen LogP contribution in [0, 0.1) is 0 Å². The molecule has 1 aromatic carbocycles. The van der Waals surface area contributed by atoms with Gasteiger partial charge in [0.15, 0.2) is 17.6 Å². The van der Waals surface area contributed by atoms with E-state index in [1.54, 1.807) is 10.9 Å². The molecule has 1 unspecified atom stereocenters. The van der Waals surface area contributed by atoms with E-state index in [-0.39, 0.29) is 44.0 Å². The molecule has 0 spiro atoms. The third kappa shape index (κ3) is 5.62. The fraction of sp³-hybridized carbons (Fsp3) is 0.607. The van der Waals surface area contributed by atoms with Crippen LogP contribution >= 0.6 is 0 Å². The summed E-state index contributed by atoms with van der Waals surface area (Å²) in [5.74, 6) is 3.29. The highest BCUT2D eigenvalue weighted by molar-refractivity contribution is 5.65. The molecule has 11 heteroatoms. The second-order valence-corrected chi connectivity index (χ2v) is 11.3. The SMILES string of the molecule is CC(C)c1cccc(OC(C)c2nnc(C3CCC(n4cc(C5(F)CCN(C(=O)O)CC5)nn4)CC3)n2C)c1. The van der Waals surface area contributed by atoms with E-state index in [1.165, 1.54) is 10.5 Å². The molecule has 1 saturated heterocycles. The Balaban J connectivity index is 1.19. The number of alkyl halides is 1. The number of nitrogens with zero attached hydrogens (tertiary/aromatic N) is 7. The first kappa shape index (κ1) is 27.1. The molecule has 10 nitrogen and oxygen atoms in total. The van der Waals surface area contributed by atoms with Crippen LogP contribution in [0.4, 0.5) is 9.18 Å². The summed E-state index contributed by atoms with van der Waals surface area (Å²) >= 11 is 0. The maximum Gasteiger partial charge on any atom is 0.407 e. The summed E-state index contributed by atoms with van der Waals surface area (Å²) in [6, 6.07) is 8.33. The molecule has 0 radical (unpaired) electrons. The maximum absolute atomic E-state index is 15.5. The molecular weight excluding hydrogens is 501 g/mol. The monoisotopic (exact) mass is 539 g/mol. The molecule has 39 heavy (non-hydrogen) atoms. The van der Waals surface area contributed by atoms with Gasteiger partial charge in [0, 0.05) is 38.9 Å². The van der Waals surface area contributed by atoms with Crippen LogP contribution in [0.1, 0.15) is 106 Å². The smallest absolute Gasteiger partial charge is 0.407 e. The largest absolute Gasteiger partial charge is 0.483 e. The zero-order chi connectivity index (χ0) is 27.7. The topological polar surface area (TPSA) is 111 Å². The van der Waals surface area contributed by atoms with E-state index in [1.807, 2.05) is 26.1 Å². The van der Waals surface area contributed by atoms with Gasteiger partial charge < -0.3 is 19.3 Å². The van der Waals surface area contributed by atoms with Gasteiger partial charge in [-0.25, -0.2) is 13.9 Å². The molecule has 3 heterocycles. The zero-order valence-electron chi connectivity index (χ0n) is 23.1. The van der Waals surface area contributed by atoms with Crippen molar-refractivity contribution in [1.29, 1.82) is 0 Å². The predicted molar refractivity (Wildman–Crippen MR) is 142 cm³/mol. The zero-order valence-corrected chi connectivity index (χ0v) is 23.1. The Kier molecular flexibility index (Phi) is 7.59. The average molecular weight is 540 g/mol. The van der Waals surface area contributed by atoms with Crippen molar-refractivity contribution < 1.29 is 19.0 Å². The molecule has 1 N–H and O–H groups in total. The van der Waals surface area contributed by atoms with Crippen LogP contribution in [0.5, 0.6) is 5.75 Å². The molecule has 210 valence electrons. The van der Waals surface area contributed by atoms with Crippen molar-refractivity contribution in [2.75, 3.05) is 13.1 Å². The van der Waals surface area contributed by atoms with Crippen molar-refractivity contribution in [2.45, 2.75) is 88.9 Å². The molecule has 2 aliphatic rings. The molecule has 1 amide bonds. The molecule has 0 bridgehead atoms. The number of carbonyl (C=O) groups is 1. The summed E-state index contributed by atoms with van der Waals surface area (Å²) in [5.41, 5.74) is -0.0916. The fourth-order valence-corrected chi connectivity index (χ4v) is 5.83. The van der Waals surface area contributed by atoms with Gasteiger partial charge in [0.25, 0.3) is 0 Å². The van der Waals surface area contributed by atoms with Crippen LogP contribution in [0.3, 0.4) is 0 Å². The van der Waals surface area contributed by atoms with E-state index >= 15 is 4.39 Å². The average Bonchev–Trinajstić information content (AvgIpc) is 3.57. The molecular formula is C28H38FN7O3. The van der Waals surface area contributed by atoms with Gasteiger partial charge in [-0.2, -0.15) is 0 Å². The Morgan fingerprint density at radius 3 is 2.49 bits per heavy atom. The van der Waals surface area contributed by atoms with Crippen molar-refractivity contribution in [3.8, 4) is 5.75 Å². The van der Waals surface area contributed by atoms with Crippen LogP contribution in [0.15, 0.2) is 30.5 Å². The number of likely N-dealkylation sites (tertiary alicyclic amines) is 1. The Morgan fingerprint density at radius 1 is 1.10 bits per heavy atom. The number of hydrogen-bond donors (Lipinski definition) is 1. The van der Waals surface area contributed by atoms with E-state index in [0.717, 1.165) is 43.1 Å². The normalized spacial score (nSPS) is 22.2. The second-order valence-electron chi connectivity index (χ2n) is 11.3. The van der Waals surface area contributed by atoms with Gasteiger partial charge in [-0.15, -0.1) is 15.3 Å². The highest BCUT2D eigenvalue weighted by atomic mass is 19.1. The number of hydrogen-bond acceptors (Lipinski definition) is 6. The van der Waals surface area contributed by atoms with E-state index in [2.05, 4.69) is 51.1 Å². The molecule has 3 aromatic rings. The number of rotatable bonds is 7. The lowest BCUT2D eigenvalue weighted by Crippen LogP contribution is -2.42. The summed E-state index contributed by atoms with van der Waals surface area (Å²) in [4.78, 5) is 12.4. The Bertz CT molecular complexity index is 1290. The van der Waals surface area contributed by atoms with E-state index in [4.69, 9.17) is 9.84 Å². The molecule has 1 aliphatic carbocycles. The van der Waals surface area contributed by atoms with Gasteiger partial charge in [0.1, 0.15) is 17.3 Å². The van der Waals surface area contributed by atoms with Gasteiger partial charge in [-0.1, -0.05) is 31.2 Å². The van der Waals surface area contributed by atoms with Crippen LogP contribution in [-0.4, -0.2) is 58.9 Å². The number of benzene rings is 1. The fourth-order valence-electron chi connectivity index (χ4n) is 5.83. The molecule has 2 aromatic heterocycles. The van der Waals surface area contributed by atoms with Crippen LogP contribution < -0.4 is 4.74 Å². The van der Waals surface area contributed by atoms with Crippen molar-refractivity contribution in [3.05, 3.63) is 53.4 Å². The van der Waals surface area contributed by atoms with Crippen LogP contribution in [0.25, 0.3) is 0 Å². The molecule has 1 aliphatic heterocycles. The van der Waals surface area contributed by atoms with Gasteiger partial charge in [-0.05, 0) is 56.2 Å². The summed E-state index contributed by atoms with van der Waals surface area (Å²) in [7, 11) is 2.00. The van der Waals surface area contributed by atoms with E-state index in [9.17, 15) is 4.79 Å². The lowest BCUT2D eigenvalue weighted by atomic mass is 9.85. The van der Waals surface area contributed by atoms with Gasteiger partial charge in [-0.3, -0.25) is 0 Å². The third-order valence-corrected chi connectivity index (χ3v) is 8.38. The van der Waals surface area contributed by atoms with Gasteiger partial charge in [0.2, 0.25) is 0 Å². The Morgan fingerprint density at radius 2 is 1.82 bits per heavy atom. The summed E-state index contributed by atoms with van der Waals surface area (Å²) in [6.45, 7) is 6.66. The molecule has 5 rings (SSSR count). The minimum absolute atomic E-state index is 0.102. The molecule has 1 atom stereocenters. The number of carboxylic acid groups (broad SMARTS) is 1. The molecule has 1 saturated carbocycles. The first-order chi connectivity index (χ1) is 18.6. The lowest BCUT2D eigenvalue weighted by molar-refractivity contribution is 0.0520. The van der Waals surface area contributed by atoms with Crippen LogP contribution in [0.2, 0.25) is 0 Å². The van der Waals surface area contributed by atoms with Crippen molar-refractivity contribution >= 4 is 6.09 Å². The van der Waals surface area contributed by atoms with E-state index < -0.39 is 11.8 Å². The number of amides is 1. The quantitative estimate of drug-likeness (QED) is 0.422. The number of aromatic nitrogens is 6. The maximum atomic E-state index is 15.5. The molecule has 2 fully saturated rings. The Labute approximate surface area is 228 Å². The minimum Gasteiger partial charge on any atom is -0.483 e.